The molecule has 162 valence electrons. The van der Waals surface area contributed by atoms with E-state index in [4.69, 9.17) is 0 Å². The largest absolute Gasteiger partial charge is 0.340 e. The Kier molecular flexibility index (Phi) is 7.64. The van der Waals surface area contributed by atoms with Crippen LogP contribution in [0.1, 0.15) is 30.4 Å². The van der Waals surface area contributed by atoms with Crippen molar-refractivity contribution in [2.75, 3.05) is 39.3 Å². The molecule has 1 aliphatic heterocycles. The molecular weight excluding hydrogens is 398 g/mol. The minimum absolute atomic E-state index is 0.00738. The third-order valence-corrected chi connectivity index (χ3v) is 7.43. The van der Waals surface area contributed by atoms with Crippen molar-refractivity contribution in [1.29, 1.82) is 0 Å². The van der Waals surface area contributed by atoms with Crippen LogP contribution < -0.4 is 5.32 Å². The second kappa shape index (κ2) is 10.2. The first-order valence-electron chi connectivity index (χ1n) is 10.5. The molecule has 0 spiro atoms. The number of sulfonamides is 1. The summed E-state index contributed by atoms with van der Waals surface area (Å²) in [6.07, 6.45) is 0.187. The van der Waals surface area contributed by atoms with Crippen LogP contribution in [0.25, 0.3) is 0 Å². The van der Waals surface area contributed by atoms with E-state index in [-0.39, 0.29) is 29.7 Å². The summed E-state index contributed by atoms with van der Waals surface area (Å²) in [5.41, 5.74) is 2.09. The quantitative estimate of drug-likeness (QED) is 0.700. The Morgan fingerprint density at radius 1 is 1.07 bits per heavy atom. The van der Waals surface area contributed by atoms with Gasteiger partial charge in [0.25, 0.3) is 0 Å². The summed E-state index contributed by atoms with van der Waals surface area (Å²) >= 11 is 0. The van der Waals surface area contributed by atoms with Crippen molar-refractivity contribution in [2.45, 2.75) is 31.1 Å². The minimum atomic E-state index is -3.70. The molecule has 7 heteroatoms. The molecule has 1 aliphatic rings. The van der Waals surface area contributed by atoms with Crippen molar-refractivity contribution in [3.05, 3.63) is 65.7 Å². The molecule has 1 atom stereocenters. The Morgan fingerprint density at radius 2 is 1.70 bits per heavy atom. The highest BCUT2D eigenvalue weighted by molar-refractivity contribution is 7.89. The van der Waals surface area contributed by atoms with Gasteiger partial charge in [-0.1, -0.05) is 55.0 Å². The number of amides is 1. The van der Waals surface area contributed by atoms with Crippen LogP contribution in [0.3, 0.4) is 0 Å². The number of hydrogen-bond donors (Lipinski definition) is 1. The Labute approximate surface area is 179 Å². The van der Waals surface area contributed by atoms with E-state index in [1.807, 2.05) is 49.1 Å². The van der Waals surface area contributed by atoms with E-state index in [1.165, 1.54) is 4.31 Å². The maximum absolute atomic E-state index is 13.4. The fourth-order valence-corrected chi connectivity index (χ4v) is 5.18. The van der Waals surface area contributed by atoms with Gasteiger partial charge in [-0.2, -0.15) is 4.31 Å². The van der Waals surface area contributed by atoms with Crippen molar-refractivity contribution in [2.24, 2.45) is 0 Å². The molecule has 0 bridgehead atoms. The molecule has 1 fully saturated rings. The summed E-state index contributed by atoms with van der Waals surface area (Å²) in [4.78, 5) is 14.7. The second-order valence-corrected chi connectivity index (χ2v) is 9.81. The Bertz CT molecular complexity index is 924. The van der Waals surface area contributed by atoms with Crippen molar-refractivity contribution in [3.8, 4) is 0 Å². The molecule has 1 N–H and O–H groups in total. The standard InChI is InChI=1S/C23H31N3O3S/c1-19-8-10-22(11-9-19)30(28,29)26(18-20(2)21-6-4-3-5-7-21)15-12-23(27)25-16-13-24-14-17-25/h3-11,20,24H,12-18H2,1-2H3. The van der Waals surface area contributed by atoms with Crippen LogP contribution in [-0.2, 0) is 14.8 Å². The summed E-state index contributed by atoms with van der Waals surface area (Å²) < 4.78 is 28.2. The number of nitrogens with zero attached hydrogens (tertiary/aromatic N) is 2. The van der Waals surface area contributed by atoms with E-state index in [0.29, 0.717) is 19.6 Å². The van der Waals surface area contributed by atoms with Crippen LogP contribution >= 0.6 is 0 Å². The first kappa shape index (κ1) is 22.5. The van der Waals surface area contributed by atoms with Crippen molar-refractivity contribution in [3.63, 3.8) is 0 Å². The van der Waals surface area contributed by atoms with Gasteiger partial charge in [0.05, 0.1) is 4.90 Å². The topological polar surface area (TPSA) is 69.7 Å². The molecule has 6 nitrogen and oxygen atoms in total. The monoisotopic (exact) mass is 429 g/mol. The SMILES string of the molecule is Cc1ccc(S(=O)(=O)N(CCC(=O)N2CCNCC2)CC(C)c2ccccc2)cc1. The van der Waals surface area contributed by atoms with Crippen molar-refractivity contribution < 1.29 is 13.2 Å². The Balaban J connectivity index is 1.78. The van der Waals surface area contributed by atoms with Crippen LogP contribution in [-0.4, -0.2) is 62.8 Å². The van der Waals surface area contributed by atoms with Gasteiger partial charge >= 0.3 is 0 Å². The van der Waals surface area contributed by atoms with E-state index in [2.05, 4.69) is 5.32 Å². The predicted molar refractivity (Wildman–Crippen MR) is 119 cm³/mol. The van der Waals surface area contributed by atoms with E-state index in [0.717, 1.165) is 24.2 Å². The van der Waals surface area contributed by atoms with Gasteiger partial charge in [0.2, 0.25) is 15.9 Å². The third-order valence-electron chi connectivity index (χ3n) is 5.55. The van der Waals surface area contributed by atoms with E-state index in [1.54, 1.807) is 24.3 Å². The van der Waals surface area contributed by atoms with Gasteiger partial charge in [0.1, 0.15) is 0 Å². The summed E-state index contributed by atoms with van der Waals surface area (Å²) in [5, 5.41) is 3.23. The number of carbonyl (C=O) groups is 1. The van der Waals surface area contributed by atoms with Crippen LogP contribution in [0, 0.1) is 6.92 Å². The number of carbonyl (C=O) groups excluding carboxylic acids is 1. The number of hydrogen-bond acceptors (Lipinski definition) is 4. The van der Waals surface area contributed by atoms with Crippen molar-refractivity contribution in [1.82, 2.24) is 14.5 Å². The highest BCUT2D eigenvalue weighted by Gasteiger charge is 2.28. The van der Waals surface area contributed by atoms with Gasteiger partial charge < -0.3 is 10.2 Å². The van der Waals surface area contributed by atoms with Gasteiger partial charge in [-0.3, -0.25) is 4.79 Å². The first-order chi connectivity index (χ1) is 14.4. The van der Waals surface area contributed by atoms with E-state index >= 15 is 0 Å². The zero-order valence-corrected chi connectivity index (χ0v) is 18.6. The number of aryl methyl sites for hydroxylation is 1. The van der Waals surface area contributed by atoms with Gasteiger partial charge in [-0.05, 0) is 30.5 Å². The van der Waals surface area contributed by atoms with Gasteiger partial charge in [-0.15, -0.1) is 0 Å². The molecule has 0 aromatic heterocycles. The molecule has 2 aromatic carbocycles. The smallest absolute Gasteiger partial charge is 0.243 e. The average molecular weight is 430 g/mol. The zero-order chi connectivity index (χ0) is 21.6. The van der Waals surface area contributed by atoms with Crippen molar-refractivity contribution >= 4 is 15.9 Å². The molecule has 30 heavy (non-hydrogen) atoms. The number of rotatable bonds is 8. The minimum Gasteiger partial charge on any atom is -0.340 e. The molecule has 2 aromatic rings. The Morgan fingerprint density at radius 3 is 2.33 bits per heavy atom. The summed E-state index contributed by atoms with van der Waals surface area (Å²) in [6, 6.07) is 16.8. The molecule has 1 amide bonds. The summed E-state index contributed by atoms with van der Waals surface area (Å²) in [7, 11) is -3.70. The molecule has 3 rings (SSSR count). The molecule has 1 saturated heterocycles. The second-order valence-electron chi connectivity index (χ2n) is 7.87. The fraction of sp³-hybridized carbons (Fsp3) is 0.435. The highest BCUT2D eigenvalue weighted by atomic mass is 32.2. The normalized spacial score (nSPS) is 15.9. The maximum atomic E-state index is 13.4. The van der Waals surface area contributed by atoms with Crippen LogP contribution in [0.15, 0.2) is 59.5 Å². The summed E-state index contributed by atoms with van der Waals surface area (Å²) in [5.74, 6) is 0.0219. The lowest BCUT2D eigenvalue weighted by Crippen LogP contribution is -2.47. The third kappa shape index (κ3) is 5.68. The van der Waals surface area contributed by atoms with E-state index < -0.39 is 10.0 Å². The summed E-state index contributed by atoms with van der Waals surface area (Å²) in [6.45, 7) is 7.35. The molecule has 0 radical (unpaired) electrons. The Hall–Kier alpha value is -2.22. The van der Waals surface area contributed by atoms with Gasteiger partial charge in [-0.25, -0.2) is 8.42 Å². The van der Waals surface area contributed by atoms with Crippen LogP contribution in [0.2, 0.25) is 0 Å². The first-order valence-corrected chi connectivity index (χ1v) is 11.9. The highest BCUT2D eigenvalue weighted by Crippen LogP contribution is 2.23. The molecule has 1 heterocycles. The zero-order valence-electron chi connectivity index (χ0n) is 17.8. The number of benzene rings is 2. The lowest BCUT2D eigenvalue weighted by atomic mass is 10.0. The number of piperazine rings is 1. The van der Waals surface area contributed by atoms with Gasteiger partial charge in [0, 0.05) is 45.7 Å². The molecule has 0 saturated carbocycles. The van der Waals surface area contributed by atoms with Crippen LogP contribution in [0.5, 0.6) is 0 Å². The molecule has 1 unspecified atom stereocenters. The molecular formula is C23H31N3O3S. The lowest BCUT2D eigenvalue weighted by Gasteiger charge is -2.29. The van der Waals surface area contributed by atoms with Crippen LogP contribution in [0.4, 0.5) is 0 Å². The van der Waals surface area contributed by atoms with Gasteiger partial charge in [0.15, 0.2) is 0 Å². The number of nitrogens with one attached hydrogen (secondary N) is 1. The lowest BCUT2D eigenvalue weighted by molar-refractivity contribution is -0.131. The molecule has 0 aliphatic carbocycles. The maximum Gasteiger partial charge on any atom is 0.243 e. The predicted octanol–water partition coefficient (Wildman–Crippen LogP) is 2.61. The fourth-order valence-electron chi connectivity index (χ4n) is 3.65. The average Bonchev–Trinajstić information content (AvgIpc) is 2.77. The van der Waals surface area contributed by atoms with E-state index in [9.17, 15) is 13.2 Å².